The molecule has 3 nitrogen and oxygen atoms in total. The van der Waals surface area contributed by atoms with Gasteiger partial charge in [0.05, 0.1) is 5.02 Å². The molecule has 0 aliphatic rings. The number of aromatic nitrogens is 2. The molecule has 0 bridgehead atoms. The molecule has 4 heteroatoms. The molecule has 0 saturated heterocycles. The first kappa shape index (κ1) is 11.9. The Labute approximate surface area is 115 Å². The predicted molar refractivity (Wildman–Crippen MR) is 74.9 cm³/mol. The van der Waals surface area contributed by atoms with Gasteiger partial charge in [-0.05, 0) is 31.2 Å². The molecule has 94 valence electrons. The van der Waals surface area contributed by atoms with Gasteiger partial charge < -0.3 is 4.52 Å². The van der Waals surface area contributed by atoms with Crippen molar-refractivity contribution in [3.8, 4) is 22.8 Å². The molecule has 0 N–H and O–H groups in total. The Morgan fingerprint density at radius 1 is 1.00 bits per heavy atom. The fraction of sp³-hybridized carbons (Fsp3) is 0.0667. The van der Waals surface area contributed by atoms with Crippen LogP contribution in [-0.4, -0.2) is 10.1 Å². The Bertz CT molecular complexity index is 704. The maximum Gasteiger partial charge on any atom is 0.258 e. The van der Waals surface area contributed by atoms with Gasteiger partial charge in [0.25, 0.3) is 5.89 Å². The van der Waals surface area contributed by atoms with Gasteiger partial charge in [-0.2, -0.15) is 4.98 Å². The van der Waals surface area contributed by atoms with Crippen LogP contribution >= 0.6 is 11.6 Å². The van der Waals surface area contributed by atoms with Crippen molar-refractivity contribution < 1.29 is 4.52 Å². The standard InChI is InChI=1S/C15H11ClN2O/c1-10-6-8-11(9-7-10)15-17-14(18-19-15)12-4-2-3-5-13(12)16/h2-9H,1H3. The van der Waals surface area contributed by atoms with Crippen molar-refractivity contribution in [2.24, 2.45) is 0 Å². The largest absolute Gasteiger partial charge is 0.334 e. The van der Waals surface area contributed by atoms with E-state index in [4.69, 9.17) is 16.1 Å². The van der Waals surface area contributed by atoms with Crippen molar-refractivity contribution in [1.29, 1.82) is 0 Å². The fourth-order valence-corrected chi connectivity index (χ4v) is 2.01. The SMILES string of the molecule is Cc1ccc(-c2nc(-c3ccccc3Cl)no2)cc1. The molecule has 0 fully saturated rings. The molecule has 0 aliphatic heterocycles. The van der Waals surface area contributed by atoms with Crippen LogP contribution in [0.3, 0.4) is 0 Å². The number of benzene rings is 2. The molecule has 0 unspecified atom stereocenters. The van der Waals surface area contributed by atoms with Crippen molar-refractivity contribution in [1.82, 2.24) is 10.1 Å². The highest BCUT2D eigenvalue weighted by atomic mass is 35.5. The summed E-state index contributed by atoms with van der Waals surface area (Å²) in [5.41, 5.74) is 2.86. The Morgan fingerprint density at radius 2 is 1.74 bits per heavy atom. The van der Waals surface area contributed by atoms with Gasteiger partial charge in [0, 0.05) is 11.1 Å². The summed E-state index contributed by atoms with van der Waals surface area (Å²) < 4.78 is 5.28. The van der Waals surface area contributed by atoms with Gasteiger partial charge in [-0.3, -0.25) is 0 Å². The summed E-state index contributed by atoms with van der Waals surface area (Å²) in [6, 6.07) is 15.4. The number of hydrogen-bond donors (Lipinski definition) is 0. The van der Waals surface area contributed by atoms with Crippen LogP contribution in [0.2, 0.25) is 5.02 Å². The van der Waals surface area contributed by atoms with Crippen LogP contribution in [0.5, 0.6) is 0 Å². The fourth-order valence-electron chi connectivity index (χ4n) is 1.79. The third-order valence-electron chi connectivity index (χ3n) is 2.84. The lowest BCUT2D eigenvalue weighted by atomic mass is 10.1. The molecule has 1 aromatic heterocycles. The van der Waals surface area contributed by atoms with E-state index >= 15 is 0 Å². The minimum Gasteiger partial charge on any atom is -0.334 e. The summed E-state index contributed by atoms with van der Waals surface area (Å²) >= 11 is 6.11. The van der Waals surface area contributed by atoms with E-state index < -0.39 is 0 Å². The summed E-state index contributed by atoms with van der Waals surface area (Å²) in [6.07, 6.45) is 0. The summed E-state index contributed by atoms with van der Waals surface area (Å²) in [5, 5.41) is 4.59. The molecule has 0 aliphatic carbocycles. The van der Waals surface area contributed by atoms with Gasteiger partial charge in [0.15, 0.2) is 0 Å². The van der Waals surface area contributed by atoms with Gasteiger partial charge in [-0.25, -0.2) is 0 Å². The first-order valence-corrected chi connectivity index (χ1v) is 6.27. The highest BCUT2D eigenvalue weighted by Crippen LogP contribution is 2.27. The summed E-state index contributed by atoms with van der Waals surface area (Å²) in [6.45, 7) is 2.03. The van der Waals surface area contributed by atoms with Crippen LogP contribution in [0, 0.1) is 6.92 Å². The molecule has 19 heavy (non-hydrogen) atoms. The monoisotopic (exact) mass is 270 g/mol. The lowest BCUT2D eigenvalue weighted by Gasteiger charge is -1.96. The molecule has 0 amide bonds. The third kappa shape index (κ3) is 2.37. The van der Waals surface area contributed by atoms with E-state index in [0.717, 1.165) is 11.1 Å². The van der Waals surface area contributed by atoms with E-state index in [1.807, 2.05) is 49.4 Å². The second kappa shape index (κ2) is 4.86. The molecule has 3 rings (SSSR count). The average Bonchev–Trinajstić information content (AvgIpc) is 2.89. The van der Waals surface area contributed by atoms with Gasteiger partial charge in [0.1, 0.15) is 0 Å². The maximum absolute atomic E-state index is 6.11. The lowest BCUT2D eigenvalue weighted by Crippen LogP contribution is -1.82. The quantitative estimate of drug-likeness (QED) is 0.694. The van der Waals surface area contributed by atoms with Crippen molar-refractivity contribution in [3.63, 3.8) is 0 Å². The molecule has 3 aromatic rings. The van der Waals surface area contributed by atoms with E-state index in [1.165, 1.54) is 5.56 Å². The van der Waals surface area contributed by atoms with Crippen LogP contribution in [0.25, 0.3) is 22.8 Å². The molecule has 0 atom stereocenters. The van der Waals surface area contributed by atoms with Crippen LogP contribution in [-0.2, 0) is 0 Å². The van der Waals surface area contributed by atoms with Crippen LogP contribution in [0.15, 0.2) is 53.1 Å². The van der Waals surface area contributed by atoms with Crippen LogP contribution < -0.4 is 0 Å². The Balaban J connectivity index is 2.00. The first-order chi connectivity index (χ1) is 9.24. The van der Waals surface area contributed by atoms with Crippen LogP contribution in [0.1, 0.15) is 5.56 Å². The van der Waals surface area contributed by atoms with Crippen molar-refractivity contribution >= 4 is 11.6 Å². The molecule has 1 heterocycles. The third-order valence-corrected chi connectivity index (χ3v) is 3.17. The smallest absolute Gasteiger partial charge is 0.258 e. The van der Waals surface area contributed by atoms with Gasteiger partial charge in [-0.1, -0.05) is 46.6 Å². The summed E-state index contributed by atoms with van der Waals surface area (Å²) in [7, 11) is 0. The molecule has 2 aromatic carbocycles. The van der Waals surface area contributed by atoms with Crippen molar-refractivity contribution in [2.75, 3.05) is 0 Å². The highest BCUT2D eigenvalue weighted by Gasteiger charge is 2.12. The van der Waals surface area contributed by atoms with Crippen molar-refractivity contribution in [2.45, 2.75) is 6.92 Å². The van der Waals surface area contributed by atoms with E-state index in [9.17, 15) is 0 Å². The van der Waals surface area contributed by atoms with E-state index in [-0.39, 0.29) is 0 Å². The minimum absolute atomic E-state index is 0.495. The molecular weight excluding hydrogens is 260 g/mol. The maximum atomic E-state index is 6.11. The number of nitrogens with zero attached hydrogens (tertiary/aromatic N) is 2. The Morgan fingerprint density at radius 3 is 2.47 bits per heavy atom. The van der Waals surface area contributed by atoms with E-state index in [2.05, 4.69) is 10.1 Å². The zero-order chi connectivity index (χ0) is 13.2. The highest BCUT2D eigenvalue weighted by molar-refractivity contribution is 6.33. The second-order valence-corrected chi connectivity index (χ2v) is 4.68. The van der Waals surface area contributed by atoms with Gasteiger partial charge in [0.2, 0.25) is 5.82 Å². The minimum atomic E-state index is 0.495. The van der Waals surface area contributed by atoms with Gasteiger partial charge in [-0.15, -0.1) is 0 Å². The molecule has 0 saturated carbocycles. The topological polar surface area (TPSA) is 38.9 Å². The predicted octanol–water partition coefficient (Wildman–Crippen LogP) is 4.37. The van der Waals surface area contributed by atoms with Crippen molar-refractivity contribution in [3.05, 3.63) is 59.1 Å². The van der Waals surface area contributed by atoms with E-state index in [0.29, 0.717) is 16.7 Å². The Hall–Kier alpha value is -2.13. The average molecular weight is 271 g/mol. The summed E-state index contributed by atoms with van der Waals surface area (Å²) in [5.74, 6) is 0.996. The van der Waals surface area contributed by atoms with Crippen LogP contribution in [0.4, 0.5) is 0 Å². The zero-order valence-electron chi connectivity index (χ0n) is 10.3. The molecule has 0 spiro atoms. The van der Waals surface area contributed by atoms with Gasteiger partial charge >= 0.3 is 0 Å². The van der Waals surface area contributed by atoms with E-state index in [1.54, 1.807) is 6.07 Å². The second-order valence-electron chi connectivity index (χ2n) is 4.27. The zero-order valence-corrected chi connectivity index (χ0v) is 11.1. The molecule has 0 radical (unpaired) electrons. The summed E-state index contributed by atoms with van der Waals surface area (Å²) in [4.78, 5) is 4.38. The Kier molecular flexibility index (Phi) is 3.05. The number of hydrogen-bond acceptors (Lipinski definition) is 3. The number of halogens is 1. The normalized spacial score (nSPS) is 10.6. The molecular formula is C15H11ClN2O. The number of rotatable bonds is 2. The number of aryl methyl sites for hydroxylation is 1. The lowest BCUT2D eigenvalue weighted by molar-refractivity contribution is 0.432. The first-order valence-electron chi connectivity index (χ1n) is 5.90.